The third-order valence-electron chi connectivity index (χ3n) is 3.68. The Morgan fingerprint density at radius 1 is 1.50 bits per heavy atom. The van der Waals surface area contributed by atoms with E-state index in [2.05, 4.69) is 38.0 Å². The third kappa shape index (κ3) is 2.50. The maximum atomic E-state index is 12.6. The Balaban J connectivity index is 1.87. The lowest BCUT2D eigenvalue weighted by Crippen LogP contribution is -2.30. The van der Waals surface area contributed by atoms with Gasteiger partial charge in [0.1, 0.15) is 11.5 Å². The van der Waals surface area contributed by atoms with Gasteiger partial charge in [-0.1, -0.05) is 28.1 Å². The van der Waals surface area contributed by atoms with Gasteiger partial charge < -0.3 is 9.88 Å². The summed E-state index contributed by atoms with van der Waals surface area (Å²) in [5, 5.41) is 0. The maximum Gasteiger partial charge on any atom is 0.272 e. The molecule has 1 saturated heterocycles. The Hall–Kier alpha value is -1.62. The topological polar surface area (TPSA) is 49.0 Å². The lowest BCUT2D eigenvalue weighted by molar-refractivity contribution is 0.0730. The van der Waals surface area contributed by atoms with Crippen molar-refractivity contribution in [3.05, 3.63) is 52.0 Å². The minimum absolute atomic E-state index is 0.0353. The van der Waals surface area contributed by atoms with E-state index < -0.39 is 0 Å². The van der Waals surface area contributed by atoms with Crippen LogP contribution in [0.5, 0.6) is 0 Å². The van der Waals surface area contributed by atoms with Crippen molar-refractivity contribution >= 4 is 21.8 Å². The van der Waals surface area contributed by atoms with E-state index in [0.29, 0.717) is 5.69 Å². The molecule has 2 aromatic rings. The fraction of sp³-hybridized carbons (Fsp3) is 0.333. The van der Waals surface area contributed by atoms with Crippen molar-refractivity contribution in [1.82, 2.24) is 14.9 Å². The van der Waals surface area contributed by atoms with Gasteiger partial charge in [0, 0.05) is 11.0 Å². The molecule has 0 radical (unpaired) electrons. The van der Waals surface area contributed by atoms with E-state index in [9.17, 15) is 4.79 Å². The normalized spacial score (nSPS) is 18.5. The smallest absolute Gasteiger partial charge is 0.272 e. The summed E-state index contributed by atoms with van der Waals surface area (Å²) in [5.74, 6) is 0.805. The van der Waals surface area contributed by atoms with Gasteiger partial charge in [-0.25, -0.2) is 4.98 Å². The van der Waals surface area contributed by atoms with Crippen molar-refractivity contribution < 1.29 is 4.79 Å². The monoisotopic (exact) mass is 333 g/mol. The molecule has 1 fully saturated rings. The van der Waals surface area contributed by atoms with Crippen molar-refractivity contribution in [2.45, 2.75) is 25.8 Å². The number of aromatic amines is 1. The van der Waals surface area contributed by atoms with Crippen molar-refractivity contribution in [3.8, 4) is 0 Å². The number of nitrogens with one attached hydrogen (secondary N) is 1. The molecule has 1 amide bonds. The summed E-state index contributed by atoms with van der Waals surface area (Å²) < 4.78 is 1.05. The van der Waals surface area contributed by atoms with Crippen LogP contribution in [-0.4, -0.2) is 27.3 Å². The number of likely N-dealkylation sites (tertiary alicyclic amines) is 1. The van der Waals surface area contributed by atoms with Crippen LogP contribution in [0.15, 0.2) is 34.9 Å². The van der Waals surface area contributed by atoms with E-state index in [0.717, 1.165) is 29.7 Å². The van der Waals surface area contributed by atoms with E-state index in [1.807, 2.05) is 24.0 Å². The highest BCUT2D eigenvalue weighted by Crippen LogP contribution is 2.33. The quantitative estimate of drug-likeness (QED) is 0.914. The Morgan fingerprint density at radius 3 is 3.05 bits per heavy atom. The molecule has 1 atom stereocenters. The first-order chi connectivity index (χ1) is 9.65. The van der Waals surface area contributed by atoms with Gasteiger partial charge in [-0.2, -0.15) is 0 Å². The zero-order valence-electron chi connectivity index (χ0n) is 11.3. The minimum atomic E-state index is 0.0353. The number of aromatic nitrogens is 2. The maximum absolute atomic E-state index is 12.6. The highest BCUT2D eigenvalue weighted by molar-refractivity contribution is 9.10. The molecule has 0 saturated carbocycles. The number of hydrogen-bond acceptors (Lipinski definition) is 2. The first-order valence-electron chi connectivity index (χ1n) is 6.73. The van der Waals surface area contributed by atoms with Gasteiger partial charge in [0.2, 0.25) is 0 Å². The largest absolute Gasteiger partial charge is 0.338 e. The van der Waals surface area contributed by atoms with Crippen LogP contribution in [0.2, 0.25) is 0 Å². The summed E-state index contributed by atoms with van der Waals surface area (Å²) in [6.45, 7) is 2.65. The van der Waals surface area contributed by atoms with Crippen molar-refractivity contribution in [1.29, 1.82) is 0 Å². The Labute approximate surface area is 126 Å². The number of rotatable bonds is 2. The molecular formula is C15H16BrN3O. The molecule has 1 N–H and O–H groups in total. The van der Waals surface area contributed by atoms with Gasteiger partial charge in [0.25, 0.3) is 5.91 Å². The van der Waals surface area contributed by atoms with Crippen LogP contribution in [0.1, 0.15) is 40.8 Å². The summed E-state index contributed by atoms with van der Waals surface area (Å²) in [5.41, 5.74) is 1.76. The van der Waals surface area contributed by atoms with Gasteiger partial charge in [0.15, 0.2) is 0 Å². The molecule has 0 spiro atoms. The Kier molecular flexibility index (Phi) is 3.61. The van der Waals surface area contributed by atoms with Crippen LogP contribution in [-0.2, 0) is 0 Å². The second-order valence-corrected chi connectivity index (χ2v) is 6.01. The summed E-state index contributed by atoms with van der Waals surface area (Å²) in [6, 6.07) is 8.35. The number of amides is 1. The molecule has 0 aliphatic carbocycles. The number of H-pyrrole nitrogens is 1. The zero-order valence-corrected chi connectivity index (χ0v) is 12.9. The molecule has 1 unspecified atom stereocenters. The van der Waals surface area contributed by atoms with Crippen LogP contribution in [0.25, 0.3) is 0 Å². The number of benzene rings is 1. The second kappa shape index (κ2) is 5.40. The lowest BCUT2D eigenvalue weighted by atomic mass is 10.0. The number of imidazole rings is 1. The summed E-state index contributed by atoms with van der Waals surface area (Å²) in [6.07, 6.45) is 3.67. The molecule has 3 rings (SSSR count). The number of carbonyl (C=O) groups excluding carboxylic acids is 1. The first-order valence-corrected chi connectivity index (χ1v) is 7.52. The number of hydrogen-bond donors (Lipinski definition) is 1. The highest BCUT2D eigenvalue weighted by Gasteiger charge is 2.31. The van der Waals surface area contributed by atoms with Crippen molar-refractivity contribution in [3.63, 3.8) is 0 Å². The van der Waals surface area contributed by atoms with E-state index >= 15 is 0 Å². The predicted octanol–water partition coefficient (Wildman–Crippen LogP) is 3.46. The minimum Gasteiger partial charge on any atom is -0.338 e. The Morgan fingerprint density at radius 2 is 2.35 bits per heavy atom. The van der Waals surface area contributed by atoms with Gasteiger partial charge in [-0.05, 0) is 37.5 Å². The Bertz CT molecular complexity index is 638. The summed E-state index contributed by atoms with van der Waals surface area (Å²) >= 11 is 3.49. The van der Waals surface area contributed by atoms with Crippen LogP contribution >= 0.6 is 15.9 Å². The van der Waals surface area contributed by atoms with Gasteiger partial charge in [-0.15, -0.1) is 0 Å². The van der Waals surface area contributed by atoms with E-state index in [1.54, 1.807) is 6.20 Å². The number of aryl methyl sites for hydroxylation is 1. The number of halogens is 1. The first kappa shape index (κ1) is 13.4. The average molecular weight is 334 g/mol. The molecule has 4 nitrogen and oxygen atoms in total. The average Bonchev–Trinajstić information content (AvgIpc) is 3.06. The van der Waals surface area contributed by atoms with Crippen LogP contribution < -0.4 is 0 Å². The molecule has 1 aromatic heterocycles. The second-order valence-electron chi connectivity index (χ2n) is 5.09. The fourth-order valence-corrected chi connectivity index (χ4v) is 3.17. The van der Waals surface area contributed by atoms with Crippen molar-refractivity contribution in [2.24, 2.45) is 0 Å². The molecule has 1 aromatic carbocycles. The molecular weight excluding hydrogens is 318 g/mol. The molecule has 1 aliphatic rings. The molecule has 1 aliphatic heterocycles. The number of nitrogens with zero attached hydrogens (tertiary/aromatic N) is 2. The van der Waals surface area contributed by atoms with Crippen molar-refractivity contribution in [2.75, 3.05) is 6.54 Å². The van der Waals surface area contributed by atoms with Crippen LogP contribution in [0.4, 0.5) is 0 Å². The standard InChI is InChI=1S/C15H16BrN3O/c1-10-17-9-13(18-10)15(20)19-7-3-6-14(19)11-4-2-5-12(16)8-11/h2,4-5,8-9,14H,3,6-7H2,1H3,(H,17,18). The molecule has 104 valence electrons. The van der Waals surface area contributed by atoms with Gasteiger partial charge in [-0.3, -0.25) is 4.79 Å². The van der Waals surface area contributed by atoms with E-state index in [4.69, 9.17) is 0 Å². The third-order valence-corrected chi connectivity index (χ3v) is 4.17. The summed E-state index contributed by atoms with van der Waals surface area (Å²) in [4.78, 5) is 21.6. The number of carbonyl (C=O) groups is 1. The SMILES string of the molecule is Cc1ncc(C(=O)N2CCCC2c2cccc(Br)c2)[nH]1. The van der Waals surface area contributed by atoms with Crippen LogP contribution in [0.3, 0.4) is 0 Å². The van der Waals surface area contributed by atoms with E-state index in [-0.39, 0.29) is 11.9 Å². The lowest BCUT2D eigenvalue weighted by Gasteiger charge is -2.24. The highest BCUT2D eigenvalue weighted by atomic mass is 79.9. The van der Waals surface area contributed by atoms with Gasteiger partial charge in [0.05, 0.1) is 12.2 Å². The summed E-state index contributed by atoms with van der Waals surface area (Å²) in [7, 11) is 0. The van der Waals surface area contributed by atoms with Crippen LogP contribution in [0, 0.1) is 6.92 Å². The zero-order chi connectivity index (χ0) is 14.1. The predicted molar refractivity (Wildman–Crippen MR) is 80.5 cm³/mol. The van der Waals surface area contributed by atoms with E-state index in [1.165, 1.54) is 5.56 Å². The molecule has 5 heteroatoms. The molecule has 2 heterocycles. The molecule has 0 bridgehead atoms. The molecule has 20 heavy (non-hydrogen) atoms. The fourth-order valence-electron chi connectivity index (χ4n) is 2.75. The van der Waals surface area contributed by atoms with Gasteiger partial charge >= 0.3 is 0 Å².